The monoisotopic (exact) mass is 267 g/mol. The molecule has 0 fully saturated rings. The van der Waals surface area contributed by atoms with Gasteiger partial charge in [-0.1, -0.05) is 0 Å². The second-order valence-corrected chi connectivity index (χ2v) is 4.91. The number of amides is 1. The van der Waals surface area contributed by atoms with E-state index in [2.05, 4.69) is 10.2 Å². The van der Waals surface area contributed by atoms with Crippen molar-refractivity contribution in [3.05, 3.63) is 17.0 Å². The molecule has 0 radical (unpaired) electrons. The molecule has 0 aromatic carbocycles. The molecule has 1 amide bonds. The van der Waals surface area contributed by atoms with E-state index in [1.165, 1.54) is 0 Å². The van der Waals surface area contributed by atoms with E-state index in [4.69, 9.17) is 5.11 Å². The Morgan fingerprint density at radius 1 is 1.37 bits per heavy atom. The zero-order valence-corrected chi connectivity index (χ0v) is 11.9. The smallest absolute Gasteiger partial charge is 0.305 e. The fourth-order valence-electron chi connectivity index (χ4n) is 1.97. The van der Waals surface area contributed by atoms with E-state index < -0.39 is 5.97 Å². The van der Waals surface area contributed by atoms with E-state index in [1.807, 2.05) is 27.7 Å². The van der Waals surface area contributed by atoms with Gasteiger partial charge in [0.1, 0.15) is 0 Å². The average molecular weight is 267 g/mol. The van der Waals surface area contributed by atoms with Crippen molar-refractivity contribution in [3.63, 3.8) is 0 Å². The van der Waals surface area contributed by atoms with Gasteiger partial charge in [-0.25, -0.2) is 0 Å². The van der Waals surface area contributed by atoms with Crippen LogP contribution in [-0.2, 0) is 16.0 Å². The number of aliphatic carboxylic acids is 1. The van der Waals surface area contributed by atoms with Crippen LogP contribution in [0.2, 0.25) is 0 Å². The lowest BCUT2D eigenvalue weighted by molar-refractivity contribution is -0.139. The molecule has 0 atom stereocenters. The number of hydrogen-bond donors (Lipinski definition) is 2. The Labute approximate surface area is 112 Å². The average Bonchev–Trinajstić information content (AvgIpc) is 2.60. The number of nitrogens with zero attached hydrogens (tertiary/aromatic N) is 2. The summed E-state index contributed by atoms with van der Waals surface area (Å²) in [7, 11) is 0. The lowest BCUT2D eigenvalue weighted by Gasteiger charge is -2.26. The maximum absolute atomic E-state index is 12.3. The van der Waals surface area contributed by atoms with Crippen LogP contribution in [-0.4, -0.2) is 44.7 Å². The van der Waals surface area contributed by atoms with Crippen LogP contribution >= 0.6 is 0 Å². The molecule has 6 nitrogen and oxygen atoms in total. The van der Waals surface area contributed by atoms with Crippen LogP contribution in [0, 0.1) is 13.8 Å². The number of nitrogens with one attached hydrogen (secondary N) is 1. The van der Waals surface area contributed by atoms with Crippen LogP contribution in [0.3, 0.4) is 0 Å². The largest absolute Gasteiger partial charge is 0.481 e. The first-order valence-electron chi connectivity index (χ1n) is 6.34. The molecule has 1 aromatic rings. The van der Waals surface area contributed by atoms with Gasteiger partial charge in [0.05, 0.1) is 18.5 Å². The molecule has 19 heavy (non-hydrogen) atoms. The minimum atomic E-state index is -0.894. The van der Waals surface area contributed by atoms with E-state index in [-0.39, 0.29) is 31.3 Å². The maximum atomic E-state index is 12.3. The first kappa shape index (κ1) is 15.2. The molecule has 0 bridgehead atoms. The number of aryl methyl sites for hydroxylation is 2. The van der Waals surface area contributed by atoms with Gasteiger partial charge in [0.15, 0.2) is 0 Å². The number of aromatic amines is 1. The van der Waals surface area contributed by atoms with Gasteiger partial charge in [-0.15, -0.1) is 0 Å². The van der Waals surface area contributed by atoms with Crippen LogP contribution < -0.4 is 0 Å². The minimum Gasteiger partial charge on any atom is -0.481 e. The predicted molar refractivity (Wildman–Crippen MR) is 70.9 cm³/mol. The lowest BCUT2D eigenvalue weighted by Crippen LogP contribution is -2.39. The second kappa shape index (κ2) is 6.36. The summed E-state index contributed by atoms with van der Waals surface area (Å²) < 4.78 is 0. The van der Waals surface area contributed by atoms with Crippen molar-refractivity contribution in [3.8, 4) is 0 Å². The molecule has 0 saturated carbocycles. The molecule has 6 heteroatoms. The highest BCUT2D eigenvalue weighted by Gasteiger charge is 2.20. The molecule has 106 valence electrons. The quantitative estimate of drug-likeness (QED) is 0.813. The van der Waals surface area contributed by atoms with E-state index >= 15 is 0 Å². The fourth-order valence-corrected chi connectivity index (χ4v) is 1.97. The highest BCUT2D eigenvalue weighted by atomic mass is 16.4. The number of carbonyl (C=O) groups excluding carboxylic acids is 1. The summed E-state index contributed by atoms with van der Waals surface area (Å²) in [5.74, 6) is -0.960. The molecular formula is C13H21N3O3. The third-order valence-electron chi connectivity index (χ3n) is 3.12. The van der Waals surface area contributed by atoms with Crippen molar-refractivity contribution in [1.82, 2.24) is 15.1 Å². The molecule has 1 heterocycles. The number of rotatable bonds is 6. The van der Waals surface area contributed by atoms with Crippen molar-refractivity contribution in [2.75, 3.05) is 6.54 Å². The summed E-state index contributed by atoms with van der Waals surface area (Å²) in [6.45, 7) is 7.73. The van der Waals surface area contributed by atoms with E-state index in [0.717, 1.165) is 17.0 Å². The predicted octanol–water partition coefficient (Wildman–Crippen LogP) is 1.28. The molecule has 0 aliphatic rings. The number of carboxylic acid groups (broad SMARTS) is 1. The van der Waals surface area contributed by atoms with Crippen LogP contribution in [0.1, 0.15) is 37.2 Å². The number of carboxylic acids is 1. The van der Waals surface area contributed by atoms with Crippen molar-refractivity contribution in [1.29, 1.82) is 0 Å². The number of aromatic nitrogens is 2. The van der Waals surface area contributed by atoms with Crippen molar-refractivity contribution in [2.45, 2.75) is 46.6 Å². The Bertz CT molecular complexity index is 446. The standard InChI is InChI=1S/C13H21N3O3/c1-8(2)16(6-5-13(18)19)12(17)7-11-9(3)14-15-10(11)4/h8H,5-7H2,1-4H3,(H,14,15)(H,18,19). The Morgan fingerprint density at radius 2 is 2.00 bits per heavy atom. The Balaban J connectivity index is 2.75. The maximum Gasteiger partial charge on any atom is 0.305 e. The molecule has 1 rings (SSSR count). The van der Waals surface area contributed by atoms with E-state index in [1.54, 1.807) is 4.90 Å². The molecular weight excluding hydrogens is 246 g/mol. The summed E-state index contributed by atoms with van der Waals surface area (Å²) in [5.41, 5.74) is 2.59. The molecule has 0 aliphatic heterocycles. The number of carbonyl (C=O) groups is 2. The van der Waals surface area contributed by atoms with Crippen LogP contribution in [0.4, 0.5) is 0 Å². The lowest BCUT2D eigenvalue weighted by atomic mass is 10.1. The summed E-state index contributed by atoms with van der Waals surface area (Å²) in [6, 6.07) is -0.0145. The topological polar surface area (TPSA) is 86.3 Å². The molecule has 0 unspecified atom stereocenters. The van der Waals surface area contributed by atoms with Gasteiger partial charge in [-0.2, -0.15) is 5.10 Å². The van der Waals surface area contributed by atoms with Gasteiger partial charge >= 0.3 is 5.97 Å². The Kier molecular flexibility index (Phi) is 5.09. The van der Waals surface area contributed by atoms with Crippen molar-refractivity contribution < 1.29 is 14.7 Å². The van der Waals surface area contributed by atoms with Crippen molar-refractivity contribution >= 4 is 11.9 Å². The first-order chi connectivity index (χ1) is 8.82. The Morgan fingerprint density at radius 3 is 2.42 bits per heavy atom. The van der Waals surface area contributed by atoms with Gasteiger partial charge < -0.3 is 10.0 Å². The normalized spacial score (nSPS) is 10.8. The molecule has 0 saturated heterocycles. The summed E-state index contributed by atoms with van der Waals surface area (Å²) in [4.78, 5) is 24.5. The van der Waals surface area contributed by atoms with Gasteiger partial charge in [-0.3, -0.25) is 14.7 Å². The van der Waals surface area contributed by atoms with Gasteiger partial charge in [0.2, 0.25) is 5.91 Å². The third kappa shape index (κ3) is 4.08. The van der Waals surface area contributed by atoms with Gasteiger partial charge in [0.25, 0.3) is 0 Å². The molecule has 1 aromatic heterocycles. The molecule has 0 aliphatic carbocycles. The van der Waals surface area contributed by atoms with Crippen LogP contribution in [0.15, 0.2) is 0 Å². The SMILES string of the molecule is Cc1n[nH]c(C)c1CC(=O)N(CCC(=O)O)C(C)C. The van der Waals surface area contributed by atoms with Crippen LogP contribution in [0.5, 0.6) is 0 Å². The number of H-pyrrole nitrogens is 1. The highest BCUT2D eigenvalue weighted by molar-refractivity contribution is 5.80. The minimum absolute atomic E-state index is 0.0145. The third-order valence-corrected chi connectivity index (χ3v) is 3.12. The Hall–Kier alpha value is -1.85. The van der Waals surface area contributed by atoms with E-state index in [9.17, 15) is 9.59 Å². The zero-order chi connectivity index (χ0) is 14.6. The van der Waals surface area contributed by atoms with Gasteiger partial charge in [0, 0.05) is 23.8 Å². The molecule has 0 spiro atoms. The summed E-state index contributed by atoms with van der Waals surface area (Å²) in [5, 5.41) is 15.6. The van der Waals surface area contributed by atoms with Crippen LogP contribution in [0.25, 0.3) is 0 Å². The fraction of sp³-hybridized carbons (Fsp3) is 0.615. The highest BCUT2D eigenvalue weighted by Crippen LogP contribution is 2.13. The van der Waals surface area contributed by atoms with Gasteiger partial charge in [-0.05, 0) is 27.7 Å². The molecule has 2 N–H and O–H groups in total. The summed E-state index contributed by atoms with van der Waals surface area (Å²) >= 11 is 0. The zero-order valence-electron chi connectivity index (χ0n) is 11.9. The van der Waals surface area contributed by atoms with E-state index in [0.29, 0.717) is 0 Å². The summed E-state index contributed by atoms with van der Waals surface area (Å²) in [6.07, 6.45) is 0.221. The number of hydrogen-bond acceptors (Lipinski definition) is 3. The first-order valence-corrected chi connectivity index (χ1v) is 6.34. The van der Waals surface area contributed by atoms with Crippen molar-refractivity contribution in [2.24, 2.45) is 0 Å². The second-order valence-electron chi connectivity index (χ2n) is 4.91.